The zero-order valence-electron chi connectivity index (χ0n) is 12.5. The minimum absolute atomic E-state index is 0.0298. The van der Waals surface area contributed by atoms with E-state index in [4.69, 9.17) is 4.74 Å². The van der Waals surface area contributed by atoms with Gasteiger partial charge in [-0.3, -0.25) is 14.9 Å². The summed E-state index contributed by atoms with van der Waals surface area (Å²) in [7, 11) is 0. The van der Waals surface area contributed by atoms with Gasteiger partial charge in [0.1, 0.15) is 11.2 Å². The lowest BCUT2D eigenvalue weighted by atomic mass is 10.0. The van der Waals surface area contributed by atoms with Crippen molar-refractivity contribution in [1.82, 2.24) is 9.88 Å². The third-order valence-electron chi connectivity index (χ3n) is 3.95. The minimum atomic E-state index is -0.453. The summed E-state index contributed by atoms with van der Waals surface area (Å²) in [5.74, 6) is -0.168. The molecule has 0 radical (unpaired) electrons. The van der Waals surface area contributed by atoms with E-state index in [9.17, 15) is 14.9 Å². The fourth-order valence-corrected chi connectivity index (χ4v) is 2.79. The fourth-order valence-electron chi connectivity index (χ4n) is 2.79. The van der Waals surface area contributed by atoms with E-state index in [1.807, 2.05) is 13.8 Å². The van der Waals surface area contributed by atoms with Gasteiger partial charge in [-0.1, -0.05) is 12.1 Å². The fraction of sp³-hybridized carbons (Fsp3) is 0.400. The van der Waals surface area contributed by atoms with Crippen LogP contribution >= 0.6 is 0 Å². The molecule has 0 saturated carbocycles. The van der Waals surface area contributed by atoms with Crippen LogP contribution in [0.25, 0.3) is 10.9 Å². The minimum Gasteiger partial charge on any atom is -0.377 e. The van der Waals surface area contributed by atoms with Crippen molar-refractivity contribution in [2.75, 3.05) is 19.8 Å². The zero-order chi connectivity index (χ0) is 15.9. The number of carbonyl (C=O) groups excluding carboxylic acids is 1. The number of morpholine rings is 1. The largest absolute Gasteiger partial charge is 0.377 e. The smallest absolute Gasteiger partial charge is 0.293 e. The van der Waals surface area contributed by atoms with Crippen LogP contribution in [0.1, 0.15) is 24.3 Å². The van der Waals surface area contributed by atoms with E-state index in [-0.39, 0.29) is 11.6 Å². The van der Waals surface area contributed by atoms with E-state index < -0.39 is 10.5 Å². The van der Waals surface area contributed by atoms with E-state index in [0.29, 0.717) is 36.4 Å². The maximum absolute atomic E-state index is 12.7. The number of aromatic nitrogens is 1. The summed E-state index contributed by atoms with van der Waals surface area (Å²) < 4.78 is 5.42. The molecule has 1 amide bonds. The molecule has 0 unspecified atom stereocenters. The second kappa shape index (κ2) is 5.10. The number of ether oxygens (including phenoxy) is 1. The van der Waals surface area contributed by atoms with E-state index >= 15 is 0 Å². The number of hydrogen-bond donors (Lipinski definition) is 1. The van der Waals surface area contributed by atoms with Crippen LogP contribution in [-0.2, 0) is 4.74 Å². The molecular weight excluding hydrogens is 286 g/mol. The number of aromatic amines is 1. The van der Waals surface area contributed by atoms with Gasteiger partial charge in [-0.05, 0) is 19.9 Å². The van der Waals surface area contributed by atoms with Crippen molar-refractivity contribution in [3.8, 4) is 0 Å². The zero-order valence-corrected chi connectivity index (χ0v) is 12.5. The lowest BCUT2D eigenvalue weighted by Crippen LogP contribution is -2.55. The normalized spacial score (nSPS) is 17.6. The number of hydrogen-bond acceptors (Lipinski definition) is 4. The molecule has 1 fully saturated rings. The first kappa shape index (κ1) is 14.5. The topological polar surface area (TPSA) is 88.5 Å². The molecule has 1 aliphatic heterocycles. The van der Waals surface area contributed by atoms with Crippen molar-refractivity contribution in [3.05, 3.63) is 40.1 Å². The Bertz CT molecular complexity index is 750. The predicted molar refractivity (Wildman–Crippen MR) is 80.9 cm³/mol. The summed E-state index contributed by atoms with van der Waals surface area (Å²) in [6.07, 6.45) is 0. The molecule has 0 aliphatic carbocycles. The van der Waals surface area contributed by atoms with E-state index in [0.717, 1.165) is 0 Å². The molecule has 3 rings (SSSR count). The number of carbonyl (C=O) groups is 1. The average molecular weight is 303 g/mol. The number of para-hydroxylation sites is 1. The molecule has 7 heteroatoms. The van der Waals surface area contributed by atoms with Crippen molar-refractivity contribution in [2.45, 2.75) is 19.4 Å². The number of nitrogens with zero attached hydrogens (tertiary/aromatic N) is 2. The first-order chi connectivity index (χ1) is 10.4. The second-order valence-electron chi connectivity index (χ2n) is 6.00. The van der Waals surface area contributed by atoms with Crippen LogP contribution in [0.2, 0.25) is 0 Å². The van der Waals surface area contributed by atoms with Crippen molar-refractivity contribution >= 4 is 22.5 Å². The first-order valence-electron chi connectivity index (χ1n) is 7.06. The van der Waals surface area contributed by atoms with E-state index in [1.165, 1.54) is 6.07 Å². The molecule has 2 aromatic rings. The van der Waals surface area contributed by atoms with Gasteiger partial charge in [0.15, 0.2) is 0 Å². The van der Waals surface area contributed by atoms with Gasteiger partial charge in [0.05, 0.1) is 23.7 Å². The van der Waals surface area contributed by atoms with Gasteiger partial charge < -0.3 is 14.6 Å². The number of rotatable bonds is 2. The van der Waals surface area contributed by atoms with Crippen LogP contribution in [-0.4, -0.2) is 46.0 Å². The number of non-ortho nitro benzene ring substituents is 1. The summed E-state index contributed by atoms with van der Waals surface area (Å²) in [5.41, 5.74) is 0.303. The molecule has 1 N–H and O–H groups in total. The average Bonchev–Trinajstić information content (AvgIpc) is 2.89. The van der Waals surface area contributed by atoms with Crippen LogP contribution < -0.4 is 0 Å². The number of fused-ring (bicyclic) bond motifs is 1. The van der Waals surface area contributed by atoms with Crippen LogP contribution in [0.4, 0.5) is 5.69 Å². The Morgan fingerprint density at radius 3 is 2.91 bits per heavy atom. The number of nitro benzene ring substituents is 1. The molecule has 7 nitrogen and oxygen atoms in total. The van der Waals surface area contributed by atoms with E-state index in [2.05, 4.69) is 4.98 Å². The summed E-state index contributed by atoms with van der Waals surface area (Å²) in [4.78, 5) is 28.0. The molecule has 2 heterocycles. The lowest BCUT2D eigenvalue weighted by Gasteiger charge is -2.41. The Labute approximate surface area is 127 Å². The third kappa shape index (κ3) is 2.33. The van der Waals surface area contributed by atoms with Crippen molar-refractivity contribution in [3.63, 3.8) is 0 Å². The van der Waals surface area contributed by atoms with Crippen molar-refractivity contribution in [1.29, 1.82) is 0 Å². The third-order valence-corrected chi connectivity index (χ3v) is 3.95. The van der Waals surface area contributed by atoms with Gasteiger partial charge in [0.25, 0.3) is 11.6 Å². The first-order valence-corrected chi connectivity index (χ1v) is 7.06. The van der Waals surface area contributed by atoms with Gasteiger partial charge in [0.2, 0.25) is 0 Å². The molecule has 1 aromatic heterocycles. The molecule has 1 aromatic carbocycles. The molecule has 22 heavy (non-hydrogen) atoms. The predicted octanol–water partition coefficient (Wildman–Crippen LogP) is 2.33. The van der Waals surface area contributed by atoms with Crippen LogP contribution in [0, 0.1) is 10.1 Å². The monoisotopic (exact) mass is 303 g/mol. The van der Waals surface area contributed by atoms with Crippen LogP contribution in [0.15, 0.2) is 24.3 Å². The molecule has 0 spiro atoms. The number of H-pyrrole nitrogens is 1. The highest BCUT2D eigenvalue weighted by Crippen LogP contribution is 2.27. The molecule has 0 bridgehead atoms. The van der Waals surface area contributed by atoms with Crippen molar-refractivity contribution < 1.29 is 14.5 Å². The maximum Gasteiger partial charge on any atom is 0.293 e. The number of nitrogens with one attached hydrogen (secondary N) is 1. The standard InChI is InChI=1S/C15H17N3O4/c1-15(2)9-22-7-6-17(15)14(19)11-8-10-4-3-5-12(18(20)21)13(10)16-11/h3-5,8,16H,6-7,9H2,1-2H3. The Morgan fingerprint density at radius 2 is 2.23 bits per heavy atom. The quantitative estimate of drug-likeness (QED) is 0.681. The lowest BCUT2D eigenvalue weighted by molar-refractivity contribution is -0.383. The van der Waals surface area contributed by atoms with Crippen molar-refractivity contribution in [2.24, 2.45) is 0 Å². The molecular formula is C15H17N3O4. The Morgan fingerprint density at radius 1 is 1.45 bits per heavy atom. The Balaban J connectivity index is 2.01. The molecule has 116 valence electrons. The van der Waals surface area contributed by atoms with Gasteiger partial charge in [-0.15, -0.1) is 0 Å². The van der Waals surface area contributed by atoms with Gasteiger partial charge in [-0.25, -0.2) is 0 Å². The number of nitro groups is 1. The Hall–Kier alpha value is -2.41. The SMILES string of the molecule is CC1(C)COCCN1C(=O)c1cc2cccc([N+](=O)[O-])c2[nH]1. The molecule has 1 saturated heterocycles. The highest BCUT2D eigenvalue weighted by molar-refractivity contribution is 6.00. The van der Waals surface area contributed by atoms with Crippen LogP contribution in [0.5, 0.6) is 0 Å². The number of amides is 1. The summed E-state index contributed by atoms with van der Waals surface area (Å²) in [6.45, 7) is 5.35. The van der Waals surface area contributed by atoms with Crippen LogP contribution in [0.3, 0.4) is 0 Å². The van der Waals surface area contributed by atoms with Gasteiger partial charge >= 0.3 is 0 Å². The van der Waals surface area contributed by atoms with E-state index in [1.54, 1.807) is 23.1 Å². The second-order valence-corrected chi connectivity index (χ2v) is 6.00. The van der Waals surface area contributed by atoms with Gasteiger partial charge in [-0.2, -0.15) is 0 Å². The summed E-state index contributed by atoms with van der Waals surface area (Å²) >= 11 is 0. The highest BCUT2D eigenvalue weighted by Gasteiger charge is 2.35. The maximum atomic E-state index is 12.7. The molecule has 1 aliphatic rings. The van der Waals surface area contributed by atoms with Gasteiger partial charge in [0, 0.05) is 18.0 Å². The summed E-state index contributed by atoms with van der Waals surface area (Å²) in [5, 5.41) is 11.7. The number of benzene rings is 1. The Kier molecular flexibility index (Phi) is 3.37. The highest BCUT2D eigenvalue weighted by atomic mass is 16.6. The molecule has 0 atom stereocenters. The summed E-state index contributed by atoms with van der Waals surface area (Å²) in [6, 6.07) is 6.45.